The molecular weight excluding hydrogens is 319 g/mol. The van der Waals surface area contributed by atoms with Crippen LogP contribution in [0.5, 0.6) is 0 Å². The summed E-state index contributed by atoms with van der Waals surface area (Å²) in [5.74, 6) is 1.23. The lowest BCUT2D eigenvalue weighted by Crippen LogP contribution is -2.42. The van der Waals surface area contributed by atoms with Crippen LogP contribution in [-0.2, 0) is 11.3 Å². The highest BCUT2D eigenvalue weighted by Gasteiger charge is 2.20. The Bertz CT molecular complexity index is 573. The van der Waals surface area contributed by atoms with Crippen molar-refractivity contribution in [2.75, 3.05) is 26.2 Å². The van der Waals surface area contributed by atoms with Gasteiger partial charge in [-0.25, -0.2) is 9.38 Å². The number of rotatable bonds is 6. The predicted octanol–water partition coefficient (Wildman–Crippen LogP) is 2.53. The quantitative estimate of drug-likeness (QED) is 0.614. The minimum Gasteiger partial charge on any atom is -0.357 e. The molecule has 0 aromatic heterocycles. The number of piperidine rings is 1. The number of aliphatic imine (C=N–C) groups is 1. The van der Waals surface area contributed by atoms with Crippen molar-refractivity contribution < 1.29 is 9.18 Å². The highest BCUT2D eigenvalue weighted by atomic mass is 19.1. The Morgan fingerprint density at radius 3 is 2.76 bits per heavy atom. The summed E-state index contributed by atoms with van der Waals surface area (Å²) in [5, 5.41) is 6.37. The smallest absolute Gasteiger partial charge is 0.224 e. The van der Waals surface area contributed by atoms with E-state index >= 15 is 0 Å². The molecule has 6 heteroatoms. The molecule has 1 aromatic carbocycles. The van der Waals surface area contributed by atoms with E-state index in [4.69, 9.17) is 0 Å². The number of likely N-dealkylation sites (tertiary alicyclic amines) is 1. The Kier molecular flexibility index (Phi) is 7.70. The van der Waals surface area contributed by atoms with Gasteiger partial charge in [-0.3, -0.25) is 4.79 Å². The van der Waals surface area contributed by atoms with Crippen LogP contribution in [0.4, 0.5) is 4.39 Å². The fraction of sp³-hybridized carbons (Fsp3) is 0.579. The summed E-state index contributed by atoms with van der Waals surface area (Å²) in [6, 6.07) is 6.32. The van der Waals surface area contributed by atoms with Gasteiger partial charge in [0, 0.05) is 32.6 Å². The molecule has 2 N–H and O–H groups in total. The van der Waals surface area contributed by atoms with Gasteiger partial charge in [0.05, 0.1) is 6.54 Å². The first-order valence-electron chi connectivity index (χ1n) is 9.13. The Morgan fingerprint density at radius 1 is 1.32 bits per heavy atom. The first-order valence-corrected chi connectivity index (χ1v) is 9.13. The van der Waals surface area contributed by atoms with E-state index in [1.807, 2.05) is 11.8 Å². The molecule has 0 bridgehead atoms. The summed E-state index contributed by atoms with van der Waals surface area (Å²) in [5.41, 5.74) is 0.942. The number of nitrogens with one attached hydrogen (secondary N) is 2. The zero-order chi connectivity index (χ0) is 18.1. The molecule has 1 amide bonds. The van der Waals surface area contributed by atoms with Gasteiger partial charge in [0.25, 0.3) is 0 Å². The van der Waals surface area contributed by atoms with Crippen LogP contribution in [0, 0.1) is 11.7 Å². The third-order valence-corrected chi connectivity index (χ3v) is 4.32. The maximum atomic E-state index is 12.9. The number of guanidine groups is 1. The van der Waals surface area contributed by atoms with E-state index < -0.39 is 0 Å². The van der Waals surface area contributed by atoms with Gasteiger partial charge in [-0.05, 0) is 43.4 Å². The van der Waals surface area contributed by atoms with Gasteiger partial charge in [-0.1, -0.05) is 19.1 Å². The molecule has 1 atom stereocenters. The van der Waals surface area contributed by atoms with Crippen LogP contribution in [0.1, 0.15) is 38.7 Å². The van der Waals surface area contributed by atoms with Crippen molar-refractivity contribution in [3.8, 4) is 0 Å². The molecule has 0 saturated carbocycles. The third-order valence-electron chi connectivity index (χ3n) is 4.32. The average molecular weight is 348 g/mol. The lowest BCUT2D eigenvalue weighted by molar-refractivity contribution is -0.132. The Labute approximate surface area is 149 Å². The number of benzene rings is 1. The van der Waals surface area contributed by atoms with Crippen LogP contribution in [0.2, 0.25) is 0 Å². The first-order chi connectivity index (χ1) is 12.1. The molecule has 0 spiro atoms. The molecule has 1 aliphatic heterocycles. The highest BCUT2D eigenvalue weighted by Crippen LogP contribution is 2.15. The topological polar surface area (TPSA) is 56.7 Å². The van der Waals surface area contributed by atoms with Crippen LogP contribution >= 0.6 is 0 Å². The molecule has 1 aromatic rings. The molecule has 138 valence electrons. The van der Waals surface area contributed by atoms with Crippen molar-refractivity contribution in [1.29, 1.82) is 0 Å². The molecule has 1 unspecified atom stereocenters. The molecule has 1 fully saturated rings. The van der Waals surface area contributed by atoms with Crippen LogP contribution in [0.3, 0.4) is 0 Å². The first kappa shape index (κ1) is 19.2. The second-order valence-electron chi connectivity index (χ2n) is 6.59. The van der Waals surface area contributed by atoms with Crippen molar-refractivity contribution in [2.45, 2.75) is 39.7 Å². The highest BCUT2D eigenvalue weighted by molar-refractivity contribution is 5.81. The minimum absolute atomic E-state index is 0.202. The minimum atomic E-state index is -0.247. The lowest BCUT2D eigenvalue weighted by atomic mass is 10.00. The number of halogens is 1. The van der Waals surface area contributed by atoms with E-state index in [1.165, 1.54) is 18.6 Å². The number of amides is 1. The summed E-state index contributed by atoms with van der Waals surface area (Å²) >= 11 is 0. The number of nitrogens with zero attached hydrogens (tertiary/aromatic N) is 2. The molecule has 0 radical (unpaired) electrons. The molecule has 2 rings (SSSR count). The maximum Gasteiger partial charge on any atom is 0.224 e. The van der Waals surface area contributed by atoms with E-state index in [0.29, 0.717) is 31.4 Å². The summed E-state index contributed by atoms with van der Waals surface area (Å²) in [6.07, 6.45) is 2.78. The molecule has 0 aliphatic carbocycles. The number of hydrogen-bond acceptors (Lipinski definition) is 2. The molecule has 1 saturated heterocycles. The number of carbonyl (C=O) groups excluding carboxylic acids is 1. The zero-order valence-corrected chi connectivity index (χ0v) is 15.2. The largest absolute Gasteiger partial charge is 0.357 e. The van der Waals surface area contributed by atoms with Gasteiger partial charge in [0.15, 0.2) is 5.96 Å². The van der Waals surface area contributed by atoms with E-state index in [2.05, 4.69) is 22.5 Å². The molecule has 1 heterocycles. The molecule has 5 nitrogen and oxygen atoms in total. The van der Waals surface area contributed by atoms with Crippen molar-refractivity contribution in [2.24, 2.45) is 10.9 Å². The second kappa shape index (κ2) is 10.0. The normalized spacial score (nSPS) is 18.1. The molecular formula is C19H29FN4O. The number of carbonyl (C=O) groups is 1. The molecule has 25 heavy (non-hydrogen) atoms. The third kappa shape index (κ3) is 6.72. The van der Waals surface area contributed by atoms with E-state index in [9.17, 15) is 9.18 Å². The fourth-order valence-corrected chi connectivity index (χ4v) is 2.96. The van der Waals surface area contributed by atoms with Gasteiger partial charge in [0.2, 0.25) is 5.91 Å². The molecule has 1 aliphatic rings. The summed E-state index contributed by atoms with van der Waals surface area (Å²) < 4.78 is 12.9. The van der Waals surface area contributed by atoms with Crippen LogP contribution < -0.4 is 10.6 Å². The standard InChI is InChI=1S/C19H29FN4O/c1-3-21-19(23-13-16-6-8-17(20)9-7-16)22-11-10-18(25)24-12-4-5-15(2)14-24/h6-9,15H,3-5,10-14H2,1-2H3,(H2,21,22,23). The van der Waals surface area contributed by atoms with Gasteiger partial charge in [-0.2, -0.15) is 0 Å². The average Bonchev–Trinajstić information content (AvgIpc) is 2.61. The number of hydrogen-bond donors (Lipinski definition) is 2. The monoisotopic (exact) mass is 348 g/mol. The van der Waals surface area contributed by atoms with Gasteiger partial charge >= 0.3 is 0 Å². The maximum absolute atomic E-state index is 12.9. The predicted molar refractivity (Wildman–Crippen MR) is 98.8 cm³/mol. The summed E-state index contributed by atoms with van der Waals surface area (Å²) in [7, 11) is 0. The lowest BCUT2D eigenvalue weighted by Gasteiger charge is -2.31. The van der Waals surface area contributed by atoms with E-state index in [0.717, 1.165) is 31.6 Å². The Morgan fingerprint density at radius 2 is 2.08 bits per heavy atom. The summed E-state index contributed by atoms with van der Waals surface area (Å²) in [4.78, 5) is 18.7. The van der Waals surface area contributed by atoms with Crippen LogP contribution in [0.25, 0.3) is 0 Å². The SMILES string of the molecule is CCNC(=NCc1ccc(F)cc1)NCCC(=O)N1CCCC(C)C1. The summed E-state index contributed by atoms with van der Waals surface area (Å²) in [6.45, 7) is 7.71. The van der Waals surface area contributed by atoms with Crippen molar-refractivity contribution in [3.63, 3.8) is 0 Å². The Hall–Kier alpha value is -2.11. The van der Waals surface area contributed by atoms with Gasteiger partial charge in [-0.15, -0.1) is 0 Å². The Balaban J connectivity index is 1.79. The van der Waals surface area contributed by atoms with Crippen molar-refractivity contribution in [1.82, 2.24) is 15.5 Å². The van der Waals surface area contributed by atoms with Crippen molar-refractivity contribution in [3.05, 3.63) is 35.6 Å². The van der Waals surface area contributed by atoms with Gasteiger partial charge in [0.1, 0.15) is 5.82 Å². The zero-order valence-electron chi connectivity index (χ0n) is 15.2. The fourth-order valence-electron chi connectivity index (χ4n) is 2.96. The van der Waals surface area contributed by atoms with E-state index in [-0.39, 0.29) is 11.7 Å². The van der Waals surface area contributed by atoms with Crippen LogP contribution in [-0.4, -0.2) is 42.9 Å². The second-order valence-corrected chi connectivity index (χ2v) is 6.59. The van der Waals surface area contributed by atoms with Gasteiger partial charge < -0.3 is 15.5 Å². The van der Waals surface area contributed by atoms with Crippen molar-refractivity contribution >= 4 is 11.9 Å². The van der Waals surface area contributed by atoms with E-state index in [1.54, 1.807) is 12.1 Å². The van der Waals surface area contributed by atoms with Crippen LogP contribution in [0.15, 0.2) is 29.3 Å².